The van der Waals surface area contributed by atoms with Gasteiger partial charge in [-0.3, -0.25) is 9.59 Å². The first kappa shape index (κ1) is 19.6. The van der Waals surface area contributed by atoms with E-state index in [0.29, 0.717) is 36.9 Å². The van der Waals surface area contributed by atoms with Crippen molar-refractivity contribution in [1.29, 1.82) is 0 Å². The molecule has 5 rings (SSSR count). The molecule has 3 aromatic rings. The van der Waals surface area contributed by atoms with Gasteiger partial charge in [-0.15, -0.1) is 22.7 Å². The molecule has 2 aliphatic heterocycles. The Labute approximate surface area is 181 Å². The number of ether oxygens (including phenoxy) is 2. The number of thiazole rings is 1. The van der Waals surface area contributed by atoms with Crippen molar-refractivity contribution in [1.82, 2.24) is 15.2 Å². The van der Waals surface area contributed by atoms with Crippen LogP contribution in [0.3, 0.4) is 0 Å². The first-order chi connectivity index (χ1) is 14.6. The van der Waals surface area contributed by atoms with Crippen LogP contribution in [-0.4, -0.2) is 66.3 Å². The summed E-state index contributed by atoms with van der Waals surface area (Å²) < 4.78 is 13.1. The molecule has 0 saturated carbocycles. The molecule has 2 aromatic heterocycles. The van der Waals surface area contributed by atoms with E-state index >= 15 is 0 Å². The highest BCUT2D eigenvalue weighted by Crippen LogP contribution is 2.26. The number of thiophene rings is 1. The molecule has 156 valence electrons. The van der Waals surface area contributed by atoms with Gasteiger partial charge in [0.25, 0.3) is 11.8 Å². The quantitative estimate of drug-likeness (QED) is 0.673. The van der Waals surface area contributed by atoms with Crippen LogP contribution in [0.2, 0.25) is 0 Å². The fourth-order valence-corrected chi connectivity index (χ4v) is 5.37. The number of benzene rings is 1. The van der Waals surface area contributed by atoms with Crippen LogP contribution in [0.15, 0.2) is 35.7 Å². The van der Waals surface area contributed by atoms with Gasteiger partial charge in [-0.25, -0.2) is 4.98 Å². The molecule has 0 bridgehead atoms. The largest absolute Gasteiger partial charge is 0.371 e. The molecule has 2 amide bonds. The number of carbonyl (C=O) groups is 2. The Morgan fingerprint density at radius 3 is 2.57 bits per heavy atom. The van der Waals surface area contributed by atoms with E-state index in [2.05, 4.69) is 10.3 Å². The molecule has 2 atom stereocenters. The lowest BCUT2D eigenvalue weighted by molar-refractivity contribution is -0.00461. The smallest absolute Gasteiger partial charge is 0.273 e. The van der Waals surface area contributed by atoms with E-state index < -0.39 is 0 Å². The van der Waals surface area contributed by atoms with Gasteiger partial charge in [-0.2, -0.15) is 0 Å². The lowest BCUT2D eigenvalue weighted by Crippen LogP contribution is -2.41. The van der Waals surface area contributed by atoms with Crippen molar-refractivity contribution in [3.8, 4) is 0 Å². The van der Waals surface area contributed by atoms with Crippen molar-refractivity contribution in [2.45, 2.75) is 25.2 Å². The normalized spacial score (nSPS) is 22.1. The zero-order valence-electron chi connectivity index (χ0n) is 16.4. The zero-order chi connectivity index (χ0) is 20.7. The van der Waals surface area contributed by atoms with E-state index in [1.54, 1.807) is 10.3 Å². The number of rotatable bonds is 3. The van der Waals surface area contributed by atoms with Crippen molar-refractivity contribution < 1.29 is 19.1 Å². The van der Waals surface area contributed by atoms with Crippen LogP contribution < -0.4 is 5.32 Å². The molecular weight excluding hydrogens is 422 g/mol. The highest BCUT2D eigenvalue weighted by atomic mass is 32.1. The molecule has 0 radical (unpaired) electrons. The van der Waals surface area contributed by atoms with Gasteiger partial charge in [0.05, 0.1) is 29.1 Å². The minimum Gasteiger partial charge on any atom is -0.371 e. The Hall–Kier alpha value is -2.33. The average molecular weight is 444 g/mol. The number of carbonyl (C=O) groups excluding carboxylic acids is 2. The number of hydrogen-bond donors (Lipinski definition) is 1. The molecule has 0 aliphatic carbocycles. The van der Waals surface area contributed by atoms with Crippen LogP contribution in [0.4, 0.5) is 0 Å². The number of nitrogens with one attached hydrogen (secondary N) is 1. The van der Waals surface area contributed by atoms with E-state index in [1.165, 1.54) is 22.7 Å². The second kappa shape index (κ2) is 8.07. The molecule has 4 heterocycles. The fourth-order valence-electron chi connectivity index (χ4n) is 3.81. The first-order valence-corrected chi connectivity index (χ1v) is 11.5. The number of fused-ring (bicyclic) bond motifs is 2. The number of nitrogens with zero attached hydrogens (tertiary/aromatic N) is 2. The number of hydrogen-bond acceptors (Lipinski definition) is 7. The summed E-state index contributed by atoms with van der Waals surface area (Å²) in [6, 6.07) is 9.63. The number of likely N-dealkylation sites (tertiary alicyclic amines) is 1. The minimum atomic E-state index is -0.223. The fraction of sp³-hybridized carbons (Fsp3) is 0.381. The van der Waals surface area contributed by atoms with Crippen molar-refractivity contribution in [3.05, 3.63) is 51.3 Å². The lowest BCUT2D eigenvalue weighted by atomic mass is 10.2. The van der Waals surface area contributed by atoms with Gasteiger partial charge in [0.2, 0.25) is 0 Å². The lowest BCUT2D eigenvalue weighted by Gasteiger charge is -2.18. The molecule has 0 spiro atoms. The first-order valence-electron chi connectivity index (χ1n) is 9.81. The molecule has 2 saturated heterocycles. The van der Waals surface area contributed by atoms with Gasteiger partial charge in [0.1, 0.15) is 17.9 Å². The van der Waals surface area contributed by atoms with Gasteiger partial charge in [-0.1, -0.05) is 18.2 Å². The standard InChI is InChI=1S/C21H21N3O4S2/c1-12-22-15(11-29-12)21(26)24-7-16-17(8-24)28-10-14(9-27-16)23-20(25)19-6-13-4-2-3-5-18(13)30-19/h2-6,11,14,16-17H,7-10H2,1H3,(H,23,25)/t16-,17-/m0/s1. The Bertz CT molecular complexity index is 1050. The van der Waals surface area contributed by atoms with Gasteiger partial charge < -0.3 is 19.7 Å². The van der Waals surface area contributed by atoms with Crippen LogP contribution in [-0.2, 0) is 9.47 Å². The van der Waals surface area contributed by atoms with Crippen molar-refractivity contribution in [2.24, 2.45) is 0 Å². The number of aryl methyl sites for hydroxylation is 1. The second-order valence-corrected chi connectivity index (χ2v) is 9.67. The summed E-state index contributed by atoms with van der Waals surface area (Å²) in [7, 11) is 0. The molecule has 1 aromatic carbocycles. The van der Waals surface area contributed by atoms with Gasteiger partial charge in [-0.05, 0) is 24.4 Å². The van der Waals surface area contributed by atoms with E-state index in [9.17, 15) is 9.59 Å². The van der Waals surface area contributed by atoms with Crippen LogP contribution in [0.1, 0.15) is 25.2 Å². The summed E-state index contributed by atoms with van der Waals surface area (Å²) in [5.74, 6) is -0.203. The summed E-state index contributed by atoms with van der Waals surface area (Å²) in [5, 5.41) is 6.74. The summed E-state index contributed by atoms with van der Waals surface area (Å²) in [6.45, 7) is 3.54. The van der Waals surface area contributed by atoms with E-state index in [0.717, 1.165) is 15.1 Å². The molecular formula is C21H21N3O4S2. The third kappa shape index (κ3) is 3.85. The van der Waals surface area contributed by atoms with E-state index in [4.69, 9.17) is 9.47 Å². The number of amides is 2. The van der Waals surface area contributed by atoms with Gasteiger partial charge in [0.15, 0.2) is 0 Å². The molecule has 1 N–H and O–H groups in total. The Morgan fingerprint density at radius 1 is 1.17 bits per heavy atom. The molecule has 30 heavy (non-hydrogen) atoms. The molecule has 2 fully saturated rings. The Kier molecular flexibility index (Phi) is 5.28. The SMILES string of the molecule is Cc1nc(C(=O)N2C[C@@H]3OCC(NC(=O)c4cc5ccccc5s4)CO[C@H]3C2)cs1. The average Bonchev–Trinajstić information content (AvgIpc) is 3.45. The van der Waals surface area contributed by atoms with Gasteiger partial charge >= 0.3 is 0 Å². The van der Waals surface area contributed by atoms with Crippen molar-refractivity contribution in [3.63, 3.8) is 0 Å². The third-order valence-corrected chi connectivity index (χ3v) is 7.24. The van der Waals surface area contributed by atoms with Crippen LogP contribution >= 0.6 is 22.7 Å². The monoisotopic (exact) mass is 443 g/mol. The maximum absolute atomic E-state index is 12.7. The summed E-state index contributed by atoms with van der Waals surface area (Å²) in [5.41, 5.74) is 0.474. The third-order valence-electron chi connectivity index (χ3n) is 5.35. The molecule has 9 heteroatoms. The summed E-state index contributed by atoms with van der Waals surface area (Å²) in [4.78, 5) is 32.0. The predicted octanol–water partition coefficient (Wildman–Crippen LogP) is 2.70. The Balaban J connectivity index is 1.18. The predicted molar refractivity (Wildman–Crippen MR) is 115 cm³/mol. The molecule has 2 aliphatic rings. The second-order valence-electron chi connectivity index (χ2n) is 7.52. The minimum absolute atomic E-state index is 0.0887. The highest BCUT2D eigenvalue weighted by Gasteiger charge is 2.40. The molecule has 0 unspecified atom stereocenters. The van der Waals surface area contributed by atoms with E-state index in [-0.39, 0.29) is 30.1 Å². The van der Waals surface area contributed by atoms with Crippen molar-refractivity contribution in [2.75, 3.05) is 26.3 Å². The number of aromatic nitrogens is 1. The topological polar surface area (TPSA) is 80.8 Å². The zero-order valence-corrected chi connectivity index (χ0v) is 18.0. The van der Waals surface area contributed by atoms with Crippen LogP contribution in [0.25, 0.3) is 10.1 Å². The van der Waals surface area contributed by atoms with E-state index in [1.807, 2.05) is 37.3 Å². The summed E-state index contributed by atoms with van der Waals surface area (Å²) in [6.07, 6.45) is -0.389. The maximum Gasteiger partial charge on any atom is 0.273 e. The highest BCUT2D eigenvalue weighted by molar-refractivity contribution is 7.20. The maximum atomic E-state index is 12.7. The molecule has 7 nitrogen and oxygen atoms in total. The summed E-state index contributed by atoms with van der Waals surface area (Å²) >= 11 is 2.94. The Morgan fingerprint density at radius 2 is 1.90 bits per heavy atom. The van der Waals surface area contributed by atoms with Crippen molar-refractivity contribution >= 4 is 44.6 Å². The van der Waals surface area contributed by atoms with Crippen LogP contribution in [0.5, 0.6) is 0 Å². The van der Waals surface area contributed by atoms with Gasteiger partial charge in [0, 0.05) is 23.2 Å². The van der Waals surface area contributed by atoms with Crippen LogP contribution in [0, 0.1) is 6.92 Å².